The Kier molecular flexibility index (Phi) is 15.2. The Morgan fingerprint density at radius 3 is 2.09 bits per heavy atom. The Balaban J connectivity index is 5.14. The van der Waals surface area contributed by atoms with E-state index in [0.29, 0.717) is 45.2 Å². The van der Waals surface area contributed by atoms with E-state index < -0.39 is 48.4 Å². The smallest absolute Gasteiger partial charge is 0.322 e. The summed E-state index contributed by atoms with van der Waals surface area (Å²) in [5.74, 6) is -2.85. The second kappa shape index (κ2) is 16.7. The quantitative estimate of drug-likeness (QED) is 0.0644. The first-order valence-corrected chi connectivity index (χ1v) is 11.1. The van der Waals surface area contributed by atoms with E-state index in [9.17, 15) is 19.2 Å². The highest BCUT2D eigenvalue weighted by molar-refractivity contribution is 5.93. The average Bonchev–Trinajstić information content (AvgIpc) is 2.73. The lowest BCUT2D eigenvalue weighted by Crippen LogP contribution is -2.56. The lowest BCUT2D eigenvalue weighted by Gasteiger charge is -2.25. The van der Waals surface area contributed by atoms with Crippen molar-refractivity contribution >= 4 is 29.7 Å². The number of unbranched alkanes of at least 4 members (excludes halogenated alkanes) is 1. The molecule has 0 fully saturated rings. The van der Waals surface area contributed by atoms with Crippen LogP contribution < -0.4 is 38.9 Å². The van der Waals surface area contributed by atoms with Gasteiger partial charge >= 0.3 is 5.97 Å². The molecular weight excluding hydrogens is 432 g/mol. The number of nitrogens with zero attached hydrogens (tertiary/aromatic N) is 1. The normalized spacial score (nSPS) is 13.5. The van der Waals surface area contributed by atoms with E-state index in [1.807, 2.05) is 13.8 Å². The van der Waals surface area contributed by atoms with Crippen molar-refractivity contribution in [2.75, 3.05) is 19.6 Å². The Hall–Kier alpha value is -2.93. The van der Waals surface area contributed by atoms with Gasteiger partial charge in [0.15, 0.2) is 5.96 Å². The van der Waals surface area contributed by atoms with Crippen molar-refractivity contribution in [2.24, 2.45) is 33.8 Å². The van der Waals surface area contributed by atoms with Crippen molar-refractivity contribution in [1.29, 1.82) is 0 Å². The van der Waals surface area contributed by atoms with E-state index in [-0.39, 0.29) is 18.3 Å². The number of nitrogens with two attached hydrogens (primary N) is 4. The van der Waals surface area contributed by atoms with E-state index in [4.69, 9.17) is 28.0 Å². The molecule has 0 saturated heterocycles. The number of carboxylic acids is 1. The van der Waals surface area contributed by atoms with Crippen LogP contribution >= 0.6 is 0 Å². The molecule has 33 heavy (non-hydrogen) atoms. The van der Waals surface area contributed by atoms with Gasteiger partial charge in [0.05, 0.1) is 6.04 Å². The highest BCUT2D eigenvalue weighted by Gasteiger charge is 2.28. The van der Waals surface area contributed by atoms with Crippen LogP contribution in [0.25, 0.3) is 0 Å². The fourth-order valence-electron chi connectivity index (χ4n) is 2.95. The first-order valence-electron chi connectivity index (χ1n) is 11.1. The van der Waals surface area contributed by atoms with Gasteiger partial charge in [-0.15, -0.1) is 0 Å². The van der Waals surface area contributed by atoms with E-state index in [1.165, 1.54) is 0 Å². The van der Waals surface area contributed by atoms with Gasteiger partial charge < -0.3 is 44.0 Å². The van der Waals surface area contributed by atoms with Crippen molar-refractivity contribution in [2.45, 2.75) is 70.5 Å². The molecule has 0 bridgehead atoms. The number of nitrogens with one attached hydrogen (secondary N) is 3. The van der Waals surface area contributed by atoms with Crippen LogP contribution in [0.15, 0.2) is 4.99 Å². The molecule has 0 aliphatic heterocycles. The number of hydrogen-bond donors (Lipinski definition) is 8. The molecule has 12 N–H and O–H groups in total. The third kappa shape index (κ3) is 14.7. The molecule has 0 radical (unpaired) electrons. The Morgan fingerprint density at radius 1 is 0.909 bits per heavy atom. The number of aliphatic carboxylic acids is 1. The van der Waals surface area contributed by atoms with Gasteiger partial charge in [0.25, 0.3) is 0 Å². The minimum atomic E-state index is -1.20. The summed E-state index contributed by atoms with van der Waals surface area (Å²) in [6.45, 7) is 3.96. The second-order valence-corrected chi connectivity index (χ2v) is 8.20. The zero-order chi connectivity index (χ0) is 25.4. The van der Waals surface area contributed by atoms with Crippen molar-refractivity contribution in [3.63, 3.8) is 0 Å². The largest absolute Gasteiger partial charge is 0.480 e. The maximum absolute atomic E-state index is 12.9. The van der Waals surface area contributed by atoms with E-state index in [2.05, 4.69) is 20.9 Å². The molecule has 0 aliphatic carbocycles. The van der Waals surface area contributed by atoms with Crippen molar-refractivity contribution in [3.8, 4) is 0 Å². The third-order valence-electron chi connectivity index (χ3n) is 4.64. The number of carbonyl (C=O) groups is 4. The maximum Gasteiger partial charge on any atom is 0.322 e. The van der Waals surface area contributed by atoms with Crippen LogP contribution in [0.4, 0.5) is 0 Å². The maximum atomic E-state index is 12.9. The van der Waals surface area contributed by atoms with Crippen LogP contribution in [0.5, 0.6) is 0 Å². The van der Waals surface area contributed by atoms with E-state index in [1.54, 1.807) is 0 Å². The molecular formula is C20H40N8O5. The third-order valence-corrected chi connectivity index (χ3v) is 4.64. The van der Waals surface area contributed by atoms with Crippen molar-refractivity contribution < 1.29 is 24.3 Å². The van der Waals surface area contributed by atoms with Crippen LogP contribution in [0, 0.1) is 5.92 Å². The van der Waals surface area contributed by atoms with Gasteiger partial charge in [-0.2, -0.15) is 0 Å². The fourth-order valence-corrected chi connectivity index (χ4v) is 2.95. The van der Waals surface area contributed by atoms with Gasteiger partial charge in [-0.05, 0) is 51.0 Å². The molecule has 0 aromatic rings. The average molecular weight is 473 g/mol. The number of hydrogen-bond acceptors (Lipinski definition) is 7. The second-order valence-electron chi connectivity index (χ2n) is 8.20. The molecule has 0 saturated carbocycles. The van der Waals surface area contributed by atoms with Crippen molar-refractivity contribution in [1.82, 2.24) is 16.0 Å². The van der Waals surface area contributed by atoms with E-state index >= 15 is 0 Å². The van der Waals surface area contributed by atoms with Gasteiger partial charge in [-0.25, -0.2) is 0 Å². The lowest BCUT2D eigenvalue weighted by atomic mass is 10.0. The fraction of sp³-hybridized carbons (Fsp3) is 0.750. The highest BCUT2D eigenvalue weighted by Crippen LogP contribution is 2.08. The SMILES string of the molecule is CC(C)CC(NC(=O)C(N)CCCN=C(N)N)C(=O)NC(CCCCN)C(=O)NCC(=O)O. The Bertz CT molecular complexity index is 667. The lowest BCUT2D eigenvalue weighted by molar-refractivity contribution is -0.138. The molecule has 0 rings (SSSR count). The molecule has 0 aromatic heterocycles. The van der Waals surface area contributed by atoms with Crippen LogP contribution in [-0.2, 0) is 19.2 Å². The Morgan fingerprint density at radius 2 is 1.55 bits per heavy atom. The number of guanidine groups is 1. The molecule has 0 spiro atoms. The molecule has 13 nitrogen and oxygen atoms in total. The minimum absolute atomic E-state index is 0.0462. The Labute approximate surface area is 194 Å². The summed E-state index contributed by atoms with van der Waals surface area (Å²) in [6.07, 6.45) is 2.60. The van der Waals surface area contributed by atoms with Crippen LogP contribution in [0.1, 0.15) is 52.4 Å². The van der Waals surface area contributed by atoms with Crippen molar-refractivity contribution in [3.05, 3.63) is 0 Å². The molecule has 0 aromatic carbocycles. The first kappa shape index (κ1) is 30.1. The topological polar surface area (TPSA) is 241 Å². The molecule has 3 atom stereocenters. The molecule has 190 valence electrons. The predicted molar refractivity (Wildman–Crippen MR) is 125 cm³/mol. The standard InChI is InChI=1S/C20H40N8O5/c1-12(2)10-15(28-17(31)13(22)6-5-9-25-20(23)24)19(33)27-14(7-3-4-8-21)18(32)26-11-16(29)30/h12-15H,3-11,21-22H2,1-2H3,(H,26,32)(H,27,33)(H,28,31)(H,29,30)(H4,23,24,25). The van der Waals surface area contributed by atoms with Gasteiger partial charge in [0.1, 0.15) is 18.6 Å². The van der Waals surface area contributed by atoms with Crippen LogP contribution in [-0.4, -0.2) is 72.5 Å². The summed E-state index contributed by atoms with van der Waals surface area (Å²) in [5.41, 5.74) is 21.9. The van der Waals surface area contributed by atoms with Crippen LogP contribution in [0.2, 0.25) is 0 Å². The molecule has 13 heteroatoms. The number of carboxylic acid groups (broad SMARTS) is 1. The number of amides is 3. The zero-order valence-electron chi connectivity index (χ0n) is 19.5. The summed E-state index contributed by atoms with van der Waals surface area (Å²) >= 11 is 0. The molecule has 3 unspecified atom stereocenters. The summed E-state index contributed by atoms with van der Waals surface area (Å²) in [4.78, 5) is 52.4. The summed E-state index contributed by atoms with van der Waals surface area (Å²) in [6, 6.07) is -2.73. The monoisotopic (exact) mass is 472 g/mol. The number of rotatable bonds is 17. The van der Waals surface area contributed by atoms with Crippen LogP contribution in [0.3, 0.4) is 0 Å². The predicted octanol–water partition coefficient (Wildman–Crippen LogP) is -2.29. The molecule has 3 amide bonds. The number of aliphatic imine (C=N–C) groups is 1. The minimum Gasteiger partial charge on any atom is -0.480 e. The highest BCUT2D eigenvalue weighted by atomic mass is 16.4. The number of carbonyl (C=O) groups excluding carboxylic acids is 3. The summed E-state index contributed by atoms with van der Waals surface area (Å²) < 4.78 is 0. The summed E-state index contributed by atoms with van der Waals surface area (Å²) in [5, 5.41) is 16.3. The van der Waals surface area contributed by atoms with Gasteiger partial charge in [-0.1, -0.05) is 13.8 Å². The first-order chi connectivity index (χ1) is 15.5. The van der Waals surface area contributed by atoms with Gasteiger partial charge in [0, 0.05) is 6.54 Å². The van der Waals surface area contributed by atoms with Gasteiger partial charge in [-0.3, -0.25) is 24.2 Å². The summed E-state index contributed by atoms with van der Waals surface area (Å²) in [7, 11) is 0. The molecule has 0 aliphatic rings. The zero-order valence-corrected chi connectivity index (χ0v) is 19.5. The van der Waals surface area contributed by atoms with E-state index in [0.717, 1.165) is 0 Å². The molecule has 0 heterocycles. The van der Waals surface area contributed by atoms with Gasteiger partial charge in [0.2, 0.25) is 17.7 Å².